The number of nitrogens with one attached hydrogen (secondary N) is 1. The van der Waals surface area contributed by atoms with Crippen molar-refractivity contribution in [3.8, 4) is 0 Å². The molecule has 0 saturated carbocycles. The third kappa shape index (κ3) is 3.14. The lowest BCUT2D eigenvalue weighted by Crippen LogP contribution is -2.33. The third-order valence-corrected chi connectivity index (χ3v) is 3.09. The molecule has 0 aliphatic carbocycles. The molecule has 0 spiro atoms. The maximum absolute atomic E-state index is 12.0. The van der Waals surface area contributed by atoms with Crippen molar-refractivity contribution in [2.45, 2.75) is 19.8 Å². The summed E-state index contributed by atoms with van der Waals surface area (Å²) in [7, 11) is 0. The van der Waals surface area contributed by atoms with Gasteiger partial charge in [-0.25, -0.2) is 4.98 Å². The molecular weight excluding hydrogens is 258 g/mol. The summed E-state index contributed by atoms with van der Waals surface area (Å²) in [5.74, 6) is -1.79. The number of carbonyl (C=O) groups excluding carboxylic acids is 1. The number of aromatic nitrogens is 2. The summed E-state index contributed by atoms with van der Waals surface area (Å²) in [6.45, 7) is 2.04. The summed E-state index contributed by atoms with van der Waals surface area (Å²) in [5, 5.41) is 11.7. The number of rotatable bonds is 6. The Morgan fingerprint density at radius 3 is 2.90 bits per heavy atom. The van der Waals surface area contributed by atoms with E-state index in [4.69, 9.17) is 5.11 Å². The van der Waals surface area contributed by atoms with Crippen LogP contribution in [0.4, 0.5) is 0 Å². The number of imidazole rings is 1. The molecular formula is C14H17N3O3. The van der Waals surface area contributed by atoms with Crippen molar-refractivity contribution in [1.29, 1.82) is 0 Å². The Balaban J connectivity index is 2.02. The molecule has 1 unspecified atom stereocenters. The first kappa shape index (κ1) is 14.0. The van der Waals surface area contributed by atoms with Gasteiger partial charge in [-0.3, -0.25) is 9.59 Å². The summed E-state index contributed by atoms with van der Waals surface area (Å²) >= 11 is 0. The Kier molecular flexibility index (Phi) is 4.34. The molecule has 6 nitrogen and oxygen atoms in total. The van der Waals surface area contributed by atoms with Gasteiger partial charge in [-0.2, -0.15) is 0 Å². The van der Waals surface area contributed by atoms with Crippen LogP contribution in [0.25, 0.3) is 5.65 Å². The van der Waals surface area contributed by atoms with E-state index in [1.165, 1.54) is 0 Å². The molecule has 2 N–H and O–H groups in total. The molecule has 0 radical (unpaired) electrons. The summed E-state index contributed by atoms with van der Waals surface area (Å²) in [6.07, 6.45) is 4.73. The van der Waals surface area contributed by atoms with Gasteiger partial charge in [0, 0.05) is 18.9 Å². The first-order valence-corrected chi connectivity index (χ1v) is 6.56. The molecule has 106 valence electrons. The van der Waals surface area contributed by atoms with E-state index in [1.807, 2.05) is 19.1 Å². The van der Waals surface area contributed by atoms with Crippen LogP contribution in [0.3, 0.4) is 0 Å². The molecule has 1 atom stereocenters. The fraction of sp³-hybridized carbons (Fsp3) is 0.357. The number of carboxylic acid groups (broad SMARTS) is 1. The largest absolute Gasteiger partial charge is 0.481 e. The average Bonchev–Trinajstić information content (AvgIpc) is 2.86. The normalized spacial score (nSPS) is 12.2. The number of hydrogen-bond donors (Lipinski definition) is 2. The number of nitrogens with zero attached hydrogens (tertiary/aromatic N) is 2. The molecule has 2 heterocycles. The van der Waals surface area contributed by atoms with E-state index in [1.54, 1.807) is 22.9 Å². The van der Waals surface area contributed by atoms with Gasteiger partial charge in [-0.05, 0) is 18.6 Å². The van der Waals surface area contributed by atoms with Crippen molar-refractivity contribution < 1.29 is 14.7 Å². The molecule has 1 amide bonds. The topological polar surface area (TPSA) is 83.7 Å². The fourth-order valence-corrected chi connectivity index (χ4v) is 2.01. The molecule has 0 saturated heterocycles. The van der Waals surface area contributed by atoms with Gasteiger partial charge in [0.25, 0.3) is 5.91 Å². The Morgan fingerprint density at radius 1 is 1.45 bits per heavy atom. The van der Waals surface area contributed by atoms with Gasteiger partial charge in [0.2, 0.25) is 0 Å². The molecule has 0 bridgehead atoms. The minimum atomic E-state index is -0.887. The summed E-state index contributed by atoms with van der Waals surface area (Å²) in [5.41, 5.74) is 0.970. The van der Waals surface area contributed by atoms with Crippen molar-refractivity contribution in [3.63, 3.8) is 0 Å². The summed E-state index contributed by atoms with van der Waals surface area (Å²) in [4.78, 5) is 27.2. The number of carbonyl (C=O) groups is 2. The highest BCUT2D eigenvalue weighted by Gasteiger charge is 2.18. The minimum absolute atomic E-state index is 0.121. The third-order valence-electron chi connectivity index (χ3n) is 3.09. The number of fused-ring (bicyclic) bond motifs is 1. The lowest BCUT2D eigenvalue weighted by atomic mass is 10.0. The minimum Gasteiger partial charge on any atom is -0.481 e. The van der Waals surface area contributed by atoms with Gasteiger partial charge in [0.1, 0.15) is 11.3 Å². The van der Waals surface area contributed by atoms with Crippen LogP contribution in [0.15, 0.2) is 30.6 Å². The highest BCUT2D eigenvalue weighted by molar-refractivity contribution is 5.93. The van der Waals surface area contributed by atoms with Crippen molar-refractivity contribution in [2.75, 3.05) is 6.54 Å². The first-order valence-electron chi connectivity index (χ1n) is 6.56. The van der Waals surface area contributed by atoms with Crippen LogP contribution in [0.5, 0.6) is 0 Å². The second-order valence-corrected chi connectivity index (χ2v) is 4.63. The van der Waals surface area contributed by atoms with Crippen LogP contribution < -0.4 is 5.32 Å². The van der Waals surface area contributed by atoms with Crippen LogP contribution in [-0.4, -0.2) is 32.9 Å². The zero-order chi connectivity index (χ0) is 14.5. The maximum Gasteiger partial charge on any atom is 0.308 e. The van der Waals surface area contributed by atoms with Crippen LogP contribution in [0.2, 0.25) is 0 Å². The van der Waals surface area contributed by atoms with Crippen LogP contribution >= 0.6 is 0 Å². The Hall–Kier alpha value is -2.37. The monoisotopic (exact) mass is 275 g/mol. The standard InChI is InChI=1S/C14H17N3O3/c1-2-5-10(14(19)20)8-15-13(18)11-9-17-7-4-3-6-12(17)16-11/h3-4,6-7,9-10H,2,5,8H2,1H3,(H,15,18)(H,19,20). The van der Waals surface area contributed by atoms with Crippen molar-refractivity contribution in [2.24, 2.45) is 5.92 Å². The Morgan fingerprint density at radius 2 is 2.25 bits per heavy atom. The first-order chi connectivity index (χ1) is 9.61. The molecule has 6 heteroatoms. The maximum atomic E-state index is 12.0. The number of hydrogen-bond acceptors (Lipinski definition) is 3. The molecule has 0 aliphatic heterocycles. The van der Waals surface area contributed by atoms with Crippen LogP contribution in [0.1, 0.15) is 30.3 Å². The van der Waals surface area contributed by atoms with Crippen LogP contribution in [-0.2, 0) is 4.79 Å². The number of aliphatic carboxylic acids is 1. The van der Waals surface area contributed by atoms with Crippen LogP contribution in [0, 0.1) is 5.92 Å². The Labute approximate surface area is 116 Å². The van der Waals surface area contributed by atoms with Crippen molar-refractivity contribution in [1.82, 2.24) is 14.7 Å². The van der Waals surface area contributed by atoms with Crippen molar-refractivity contribution in [3.05, 3.63) is 36.3 Å². The smallest absolute Gasteiger partial charge is 0.308 e. The second kappa shape index (κ2) is 6.18. The van der Waals surface area contributed by atoms with Gasteiger partial charge in [0.15, 0.2) is 0 Å². The van der Waals surface area contributed by atoms with Gasteiger partial charge in [0.05, 0.1) is 5.92 Å². The van der Waals surface area contributed by atoms with E-state index in [0.717, 1.165) is 6.42 Å². The zero-order valence-corrected chi connectivity index (χ0v) is 11.2. The summed E-state index contributed by atoms with van der Waals surface area (Å²) < 4.78 is 1.75. The van der Waals surface area contributed by atoms with Crippen molar-refractivity contribution >= 4 is 17.5 Å². The SMILES string of the molecule is CCCC(CNC(=O)c1cn2ccccc2n1)C(=O)O. The highest BCUT2D eigenvalue weighted by Crippen LogP contribution is 2.07. The quantitative estimate of drug-likeness (QED) is 0.838. The van der Waals surface area contributed by atoms with E-state index in [-0.39, 0.29) is 18.1 Å². The molecule has 20 heavy (non-hydrogen) atoms. The molecule has 0 aromatic carbocycles. The molecule has 2 aromatic rings. The second-order valence-electron chi connectivity index (χ2n) is 4.63. The zero-order valence-electron chi connectivity index (χ0n) is 11.2. The van der Waals surface area contributed by atoms with Gasteiger partial charge in [-0.15, -0.1) is 0 Å². The highest BCUT2D eigenvalue weighted by atomic mass is 16.4. The molecule has 2 aromatic heterocycles. The van der Waals surface area contributed by atoms with Gasteiger partial charge in [-0.1, -0.05) is 19.4 Å². The molecule has 2 rings (SSSR count). The Bertz CT molecular complexity index is 588. The van der Waals surface area contributed by atoms with E-state index in [0.29, 0.717) is 12.1 Å². The van der Waals surface area contributed by atoms with E-state index in [9.17, 15) is 9.59 Å². The fourth-order valence-electron chi connectivity index (χ4n) is 2.01. The predicted molar refractivity (Wildman–Crippen MR) is 73.6 cm³/mol. The number of pyridine rings is 1. The van der Waals surface area contributed by atoms with E-state index in [2.05, 4.69) is 10.3 Å². The molecule has 0 fully saturated rings. The van der Waals surface area contributed by atoms with Gasteiger partial charge < -0.3 is 14.8 Å². The van der Waals surface area contributed by atoms with E-state index >= 15 is 0 Å². The van der Waals surface area contributed by atoms with Gasteiger partial charge >= 0.3 is 5.97 Å². The summed E-state index contributed by atoms with van der Waals surface area (Å²) in [6, 6.07) is 5.48. The molecule has 0 aliphatic rings. The number of amides is 1. The van der Waals surface area contributed by atoms with E-state index < -0.39 is 11.9 Å². The lowest BCUT2D eigenvalue weighted by Gasteiger charge is -2.11. The number of carboxylic acids is 1. The lowest BCUT2D eigenvalue weighted by molar-refractivity contribution is -0.141. The predicted octanol–water partition coefficient (Wildman–Crippen LogP) is 1.57. The average molecular weight is 275 g/mol.